The standard InChI is InChI=1S/C14H17N3O3/c15-7-10-8-16(11-4-5-11)14(19)17(13(10)18)9-12-3-1-2-6-20-12/h8,11-12H,1-6,9H2/t12-/m0/s1. The summed E-state index contributed by atoms with van der Waals surface area (Å²) >= 11 is 0. The van der Waals surface area contributed by atoms with Gasteiger partial charge in [0.05, 0.1) is 12.6 Å². The lowest BCUT2D eigenvalue weighted by Gasteiger charge is -2.23. The van der Waals surface area contributed by atoms with E-state index in [9.17, 15) is 9.59 Å². The summed E-state index contributed by atoms with van der Waals surface area (Å²) in [7, 11) is 0. The van der Waals surface area contributed by atoms with E-state index in [0.29, 0.717) is 6.61 Å². The van der Waals surface area contributed by atoms with Gasteiger partial charge in [-0.1, -0.05) is 0 Å². The number of aromatic nitrogens is 2. The average molecular weight is 275 g/mol. The zero-order valence-electron chi connectivity index (χ0n) is 11.2. The summed E-state index contributed by atoms with van der Waals surface area (Å²) in [4.78, 5) is 24.5. The van der Waals surface area contributed by atoms with Crippen LogP contribution in [0.5, 0.6) is 0 Å². The zero-order chi connectivity index (χ0) is 14.1. The molecule has 0 spiro atoms. The number of nitriles is 1. The topological polar surface area (TPSA) is 77.0 Å². The second-order valence-electron chi connectivity index (χ2n) is 5.48. The summed E-state index contributed by atoms with van der Waals surface area (Å²) in [6.45, 7) is 0.925. The molecule has 2 aliphatic rings. The average Bonchev–Trinajstić information content (AvgIpc) is 3.29. The predicted molar refractivity (Wildman–Crippen MR) is 71.5 cm³/mol. The van der Waals surface area contributed by atoms with E-state index in [0.717, 1.165) is 32.1 Å². The summed E-state index contributed by atoms with van der Waals surface area (Å²) < 4.78 is 8.29. The van der Waals surface area contributed by atoms with Crippen LogP contribution in [0.25, 0.3) is 0 Å². The van der Waals surface area contributed by atoms with Crippen LogP contribution in [0.3, 0.4) is 0 Å². The van der Waals surface area contributed by atoms with Crippen molar-refractivity contribution in [2.75, 3.05) is 6.61 Å². The van der Waals surface area contributed by atoms with Crippen LogP contribution < -0.4 is 11.2 Å². The second kappa shape index (κ2) is 5.25. The minimum Gasteiger partial charge on any atom is -0.376 e. The Hall–Kier alpha value is -1.87. The molecule has 6 heteroatoms. The zero-order valence-corrected chi connectivity index (χ0v) is 11.2. The molecule has 0 aromatic carbocycles. The van der Waals surface area contributed by atoms with Gasteiger partial charge in [-0.2, -0.15) is 5.26 Å². The van der Waals surface area contributed by atoms with Gasteiger partial charge in [-0.25, -0.2) is 4.79 Å². The van der Waals surface area contributed by atoms with Crippen LogP contribution in [0.15, 0.2) is 15.8 Å². The first kappa shape index (κ1) is 13.1. The molecular weight excluding hydrogens is 258 g/mol. The maximum atomic E-state index is 12.4. The molecule has 0 unspecified atom stereocenters. The second-order valence-corrected chi connectivity index (χ2v) is 5.48. The molecule has 1 saturated heterocycles. The summed E-state index contributed by atoms with van der Waals surface area (Å²) in [6, 6.07) is 2.04. The van der Waals surface area contributed by atoms with Crippen molar-refractivity contribution in [3.8, 4) is 6.07 Å². The van der Waals surface area contributed by atoms with E-state index in [1.165, 1.54) is 15.3 Å². The van der Waals surface area contributed by atoms with Crippen LogP contribution in [0, 0.1) is 11.3 Å². The molecule has 2 heterocycles. The van der Waals surface area contributed by atoms with Crippen molar-refractivity contribution in [1.29, 1.82) is 5.26 Å². The molecular formula is C14H17N3O3. The Morgan fingerprint density at radius 2 is 2.10 bits per heavy atom. The van der Waals surface area contributed by atoms with E-state index in [-0.39, 0.29) is 29.9 Å². The largest absolute Gasteiger partial charge is 0.376 e. The van der Waals surface area contributed by atoms with Crippen LogP contribution in [0.2, 0.25) is 0 Å². The molecule has 6 nitrogen and oxygen atoms in total. The third-order valence-electron chi connectivity index (χ3n) is 3.92. The Bertz CT molecular complexity index is 658. The van der Waals surface area contributed by atoms with E-state index in [4.69, 9.17) is 10.00 Å². The minimum atomic E-state index is -0.497. The van der Waals surface area contributed by atoms with E-state index in [2.05, 4.69) is 0 Å². The maximum Gasteiger partial charge on any atom is 0.331 e. The Balaban J connectivity index is 1.99. The first-order valence-electron chi connectivity index (χ1n) is 7.08. The fourth-order valence-electron chi connectivity index (χ4n) is 2.63. The summed E-state index contributed by atoms with van der Waals surface area (Å²) in [6.07, 6.45) is 6.10. The van der Waals surface area contributed by atoms with Gasteiger partial charge in [-0.15, -0.1) is 0 Å². The van der Waals surface area contributed by atoms with Crippen LogP contribution in [0.4, 0.5) is 0 Å². The molecule has 20 heavy (non-hydrogen) atoms. The fraction of sp³-hybridized carbons (Fsp3) is 0.643. The molecule has 0 bridgehead atoms. The Morgan fingerprint density at radius 1 is 1.30 bits per heavy atom. The van der Waals surface area contributed by atoms with Crippen molar-refractivity contribution >= 4 is 0 Å². The van der Waals surface area contributed by atoms with E-state index in [1.54, 1.807) is 0 Å². The maximum absolute atomic E-state index is 12.4. The summed E-state index contributed by atoms with van der Waals surface area (Å²) in [5, 5.41) is 9.06. The van der Waals surface area contributed by atoms with Crippen molar-refractivity contribution < 1.29 is 4.74 Å². The first-order chi connectivity index (χ1) is 9.70. The highest BCUT2D eigenvalue weighted by Gasteiger charge is 2.27. The van der Waals surface area contributed by atoms with Gasteiger partial charge in [-0.05, 0) is 32.1 Å². The summed E-state index contributed by atoms with van der Waals surface area (Å²) in [5.74, 6) is 0. The molecule has 2 fully saturated rings. The van der Waals surface area contributed by atoms with Crippen LogP contribution in [0.1, 0.15) is 43.7 Å². The Labute approximate surface area is 116 Å². The van der Waals surface area contributed by atoms with Crippen LogP contribution in [-0.4, -0.2) is 21.8 Å². The van der Waals surface area contributed by atoms with Crippen molar-refractivity contribution in [2.24, 2.45) is 0 Å². The monoisotopic (exact) mass is 275 g/mol. The van der Waals surface area contributed by atoms with E-state index in [1.807, 2.05) is 6.07 Å². The lowest BCUT2D eigenvalue weighted by atomic mass is 10.1. The third-order valence-corrected chi connectivity index (χ3v) is 3.92. The number of nitrogens with zero attached hydrogens (tertiary/aromatic N) is 3. The Morgan fingerprint density at radius 3 is 2.70 bits per heavy atom. The van der Waals surface area contributed by atoms with Gasteiger partial charge in [0.1, 0.15) is 11.6 Å². The van der Waals surface area contributed by atoms with Crippen molar-refractivity contribution in [2.45, 2.75) is 50.8 Å². The lowest BCUT2D eigenvalue weighted by Crippen LogP contribution is -2.44. The normalized spacial score (nSPS) is 22.4. The van der Waals surface area contributed by atoms with Gasteiger partial charge < -0.3 is 4.74 Å². The van der Waals surface area contributed by atoms with Crippen LogP contribution >= 0.6 is 0 Å². The molecule has 1 aromatic heterocycles. The molecule has 0 amide bonds. The highest BCUT2D eigenvalue weighted by molar-refractivity contribution is 5.23. The van der Waals surface area contributed by atoms with Gasteiger partial charge >= 0.3 is 5.69 Å². The molecule has 0 radical (unpaired) electrons. The van der Waals surface area contributed by atoms with Gasteiger partial charge in [0.25, 0.3) is 5.56 Å². The third kappa shape index (κ3) is 2.41. The highest BCUT2D eigenvalue weighted by Crippen LogP contribution is 2.33. The Kier molecular flexibility index (Phi) is 3.45. The molecule has 1 aromatic rings. The molecule has 1 saturated carbocycles. The number of ether oxygens (including phenoxy) is 1. The van der Waals surface area contributed by atoms with Crippen molar-refractivity contribution in [1.82, 2.24) is 9.13 Å². The van der Waals surface area contributed by atoms with E-state index >= 15 is 0 Å². The minimum absolute atomic E-state index is 0.0345. The van der Waals surface area contributed by atoms with E-state index < -0.39 is 5.56 Å². The molecule has 106 valence electrons. The quantitative estimate of drug-likeness (QED) is 0.817. The molecule has 1 atom stereocenters. The first-order valence-corrected chi connectivity index (χ1v) is 7.08. The highest BCUT2D eigenvalue weighted by atomic mass is 16.5. The molecule has 3 rings (SSSR count). The lowest BCUT2D eigenvalue weighted by molar-refractivity contribution is 0.00445. The number of rotatable bonds is 3. The molecule has 1 aliphatic heterocycles. The number of hydrogen-bond acceptors (Lipinski definition) is 4. The van der Waals surface area contributed by atoms with Gasteiger partial charge in [0.15, 0.2) is 0 Å². The summed E-state index contributed by atoms with van der Waals surface area (Å²) in [5.41, 5.74) is -0.776. The molecule has 0 N–H and O–H groups in total. The van der Waals surface area contributed by atoms with Gasteiger partial charge in [-0.3, -0.25) is 13.9 Å². The van der Waals surface area contributed by atoms with Crippen molar-refractivity contribution in [3.05, 3.63) is 32.6 Å². The SMILES string of the molecule is N#Cc1cn(C2CC2)c(=O)n(C[C@@H]2CCCCO2)c1=O. The van der Waals surface area contributed by atoms with Gasteiger partial charge in [0, 0.05) is 18.8 Å². The van der Waals surface area contributed by atoms with Crippen molar-refractivity contribution in [3.63, 3.8) is 0 Å². The van der Waals surface area contributed by atoms with Gasteiger partial charge in [0.2, 0.25) is 0 Å². The smallest absolute Gasteiger partial charge is 0.331 e. The number of hydrogen-bond donors (Lipinski definition) is 0. The fourth-order valence-corrected chi connectivity index (χ4v) is 2.63. The van der Waals surface area contributed by atoms with Crippen LogP contribution in [-0.2, 0) is 11.3 Å². The predicted octanol–water partition coefficient (Wildman–Crippen LogP) is 0.786. The molecule has 1 aliphatic carbocycles.